The predicted octanol–water partition coefficient (Wildman–Crippen LogP) is 8.70. The Balaban J connectivity index is 0.000000122. The number of rotatable bonds is 0. The summed E-state index contributed by atoms with van der Waals surface area (Å²) in [6, 6.07) is 28.4. The molecule has 0 aliphatic rings. The molecule has 0 spiro atoms. The van der Waals surface area contributed by atoms with Crippen LogP contribution < -0.4 is 0 Å². The first-order chi connectivity index (χ1) is 13.7. The van der Waals surface area contributed by atoms with E-state index >= 15 is 0 Å². The van der Waals surface area contributed by atoms with E-state index in [9.17, 15) is 0 Å². The second-order valence-corrected chi connectivity index (χ2v) is 8.31. The van der Waals surface area contributed by atoms with E-state index in [1.54, 1.807) is 0 Å². The molecule has 28 heavy (non-hydrogen) atoms. The third-order valence-corrected chi connectivity index (χ3v) is 5.67. The molecule has 0 amide bonds. The topological polar surface area (TPSA) is 26.3 Å². The van der Waals surface area contributed by atoms with Crippen molar-refractivity contribution in [2.24, 2.45) is 0 Å². The molecule has 0 unspecified atom stereocenters. The zero-order chi connectivity index (χ0) is 19.1. The SMILES string of the molecule is Brc1ccc2c(c1)oc1ccccc12.Brc1ccc2c(c1)oc1ccccc12. The second-order valence-electron chi connectivity index (χ2n) is 6.48. The van der Waals surface area contributed by atoms with Crippen LogP contribution >= 0.6 is 31.9 Å². The van der Waals surface area contributed by atoms with Crippen LogP contribution in [0.3, 0.4) is 0 Å². The molecular weight excluding hydrogens is 480 g/mol. The van der Waals surface area contributed by atoms with Crippen molar-refractivity contribution < 1.29 is 8.83 Å². The minimum absolute atomic E-state index is 0.931. The Morgan fingerprint density at radius 3 is 1.29 bits per heavy atom. The molecule has 0 aliphatic carbocycles. The molecular formula is C24H14Br2O2. The number of halogens is 2. The molecule has 0 atom stereocenters. The predicted molar refractivity (Wildman–Crippen MR) is 123 cm³/mol. The van der Waals surface area contributed by atoms with Gasteiger partial charge < -0.3 is 8.83 Å². The summed E-state index contributed by atoms with van der Waals surface area (Å²) in [6.07, 6.45) is 0. The Morgan fingerprint density at radius 1 is 0.429 bits per heavy atom. The van der Waals surface area contributed by atoms with Gasteiger partial charge in [0, 0.05) is 30.5 Å². The molecule has 0 N–H and O–H groups in total. The number of para-hydroxylation sites is 2. The van der Waals surface area contributed by atoms with E-state index in [0.717, 1.165) is 31.3 Å². The molecule has 0 aliphatic heterocycles. The molecule has 0 fully saturated rings. The molecule has 4 aromatic carbocycles. The highest BCUT2D eigenvalue weighted by Gasteiger charge is 2.06. The van der Waals surface area contributed by atoms with Crippen LogP contribution in [0.1, 0.15) is 0 Å². The maximum Gasteiger partial charge on any atom is 0.136 e. The van der Waals surface area contributed by atoms with E-state index in [2.05, 4.69) is 56.1 Å². The number of hydrogen-bond donors (Lipinski definition) is 0. The first-order valence-electron chi connectivity index (χ1n) is 8.83. The summed E-state index contributed by atoms with van der Waals surface area (Å²) in [5.74, 6) is 0. The third kappa shape index (κ3) is 3.13. The summed E-state index contributed by atoms with van der Waals surface area (Å²) >= 11 is 6.86. The normalized spacial score (nSPS) is 11.2. The first kappa shape index (κ1) is 17.5. The third-order valence-electron chi connectivity index (χ3n) is 4.68. The summed E-state index contributed by atoms with van der Waals surface area (Å²) in [4.78, 5) is 0. The molecule has 0 radical (unpaired) electrons. The lowest BCUT2D eigenvalue weighted by Gasteiger charge is -1.89. The van der Waals surface area contributed by atoms with E-state index in [1.165, 1.54) is 21.5 Å². The minimum atomic E-state index is 0.931. The van der Waals surface area contributed by atoms with Gasteiger partial charge in [0.2, 0.25) is 0 Å². The van der Waals surface area contributed by atoms with E-state index in [4.69, 9.17) is 8.83 Å². The van der Waals surface area contributed by atoms with E-state index in [-0.39, 0.29) is 0 Å². The van der Waals surface area contributed by atoms with Gasteiger partial charge in [-0.3, -0.25) is 0 Å². The van der Waals surface area contributed by atoms with Crippen LogP contribution in [0, 0.1) is 0 Å². The van der Waals surface area contributed by atoms with Gasteiger partial charge in [-0.05, 0) is 48.5 Å². The zero-order valence-electron chi connectivity index (χ0n) is 14.7. The molecule has 4 heteroatoms. The summed E-state index contributed by atoms with van der Waals surface area (Å²) in [6.45, 7) is 0. The van der Waals surface area contributed by atoms with Crippen molar-refractivity contribution >= 4 is 75.7 Å². The Kier molecular flexibility index (Phi) is 4.46. The summed E-state index contributed by atoms with van der Waals surface area (Å²) in [5, 5.41) is 4.69. The van der Waals surface area contributed by atoms with E-state index < -0.39 is 0 Å². The van der Waals surface area contributed by atoms with Gasteiger partial charge in [-0.2, -0.15) is 0 Å². The molecule has 136 valence electrons. The van der Waals surface area contributed by atoms with Gasteiger partial charge in [0.05, 0.1) is 0 Å². The summed E-state index contributed by atoms with van der Waals surface area (Å²) in [5.41, 5.74) is 3.75. The fraction of sp³-hybridized carbons (Fsp3) is 0. The maximum absolute atomic E-state index is 5.70. The van der Waals surface area contributed by atoms with Crippen LogP contribution in [-0.4, -0.2) is 0 Å². The van der Waals surface area contributed by atoms with Crippen molar-refractivity contribution in [1.29, 1.82) is 0 Å². The Labute approximate surface area is 178 Å². The monoisotopic (exact) mass is 492 g/mol. The number of hydrogen-bond acceptors (Lipinski definition) is 2. The van der Waals surface area contributed by atoms with Crippen LogP contribution in [0.25, 0.3) is 43.9 Å². The number of furan rings is 2. The molecule has 0 saturated heterocycles. The maximum atomic E-state index is 5.70. The second kappa shape index (κ2) is 7.12. The van der Waals surface area contributed by atoms with Gasteiger partial charge in [-0.1, -0.05) is 68.3 Å². The molecule has 6 aromatic rings. The molecule has 2 nitrogen and oxygen atoms in total. The van der Waals surface area contributed by atoms with Gasteiger partial charge in [0.25, 0.3) is 0 Å². The number of benzene rings is 4. The first-order valence-corrected chi connectivity index (χ1v) is 10.4. The lowest BCUT2D eigenvalue weighted by Crippen LogP contribution is -1.65. The molecule has 2 aromatic heterocycles. The van der Waals surface area contributed by atoms with Crippen LogP contribution in [0.4, 0.5) is 0 Å². The Bertz CT molecular complexity index is 1330. The van der Waals surface area contributed by atoms with Gasteiger partial charge in [-0.15, -0.1) is 0 Å². The van der Waals surface area contributed by atoms with Gasteiger partial charge in [-0.25, -0.2) is 0 Å². The largest absolute Gasteiger partial charge is 0.456 e. The van der Waals surface area contributed by atoms with Crippen molar-refractivity contribution in [3.63, 3.8) is 0 Å². The lowest BCUT2D eigenvalue weighted by molar-refractivity contribution is 0.668. The van der Waals surface area contributed by atoms with Gasteiger partial charge in [0.1, 0.15) is 22.3 Å². The lowest BCUT2D eigenvalue weighted by atomic mass is 10.2. The van der Waals surface area contributed by atoms with E-state index in [0.29, 0.717) is 0 Å². The van der Waals surface area contributed by atoms with Crippen molar-refractivity contribution in [2.75, 3.05) is 0 Å². The molecule has 2 heterocycles. The molecule has 0 bridgehead atoms. The standard InChI is InChI=1S/2C12H7BrO/c2*13-8-5-6-10-9-3-1-2-4-11(9)14-12(10)7-8/h2*1-7H. The fourth-order valence-electron chi connectivity index (χ4n) is 3.40. The highest BCUT2D eigenvalue weighted by molar-refractivity contribution is 9.10. The fourth-order valence-corrected chi connectivity index (χ4v) is 4.08. The van der Waals surface area contributed by atoms with Crippen molar-refractivity contribution in [1.82, 2.24) is 0 Å². The van der Waals surface area contributed by atoms with Crippen LogP contribution in [-0.2, 0) is 0 Å². The van der Waals surface area contributed by atoms with E-state index in [1.807, 2.05) is 60.7 Å². The minimum Gasteiger partial charge on any atom is -0.456 e. The van der Waals surface area contributed by atoms with Crippen LogP contribution in [0.15, 0.2) is 103 Å². The summed E-state index contributed by atoms with van der Waals surface area (Å²) in [7, 11) is 0. The average molecular weight is 494 g/mol. The quantitative estimate of drug-likeness (QED) is 0.211. The van der Waals surface area contributed by atoms with Crippen molar-refractivity contribution in [3.8, 4) is 0 Å². The molecule has 0 saturated carbocycles. The average Bonchev–Trinajstić information content (AvgIpc) is 3.25. The van der Waals surface area contributed by atoms with Gasteiger partial charge in [0.15, 0.2) is 0 Å². The van der Waals surface area contributed by atoms with Crippen LogP contribution in [0.5, 0.6) is 0 Å². The summed E-state index contributed by atoms with van der Waals surface area (Å²) < 4.78 is 13.5. The van der Waals surface area contributed by atoms with Crippen molar-refractivity contribution in [3.05, 3.63) is 93.9 Å². The van der Waals surface area contributed by atoms with Gasteiger partial charge >= 0.3 is 0 Å². The highest BCUT2D eigenvalue weighted by atomic mass is 79.9. The Morgan fingerprint density at radius 2 is 0.821 bits per heavy atom. The Hall–Kier alpha value is -2.56. The highest BCUT2D eigenvalue weighted by Crippen LogP contribution is 2.31. The molecule has 6 rings (SSSR count). The zero-order valence-corrected chi connectivity index (χ0v) is 17.8. The van der Waals surface area contributed by atoms with Crippen molar-refractivity contribution in [2.45, 2.75) is 0 Å². The number of fused-ring (bicyclic) bond motifs is 6. The smallest absolute Gasteiger partial charge is 0.136 e. The van der Waals surface area contributed by atoms with Crippen LogP contribution in [0.2, 0.25) is 0 Å².